The Labute approximate surface area is 184 Å². The molecule has 0 saturated heterocycles. The predicted octanol–water partition coefficient (Wildman–Crippen LogP) is 4.06. The molecule has 1 aromatic heterocycles. The number of thioether (sulfide) groups is 1. The number of benzene rings is 2. The lowest BCUT2D eigenvalue weighted by Crippen LogP contribution is -2.07. The van der Waals surface area contributed by atoms with Crippen LogP contribution in [0.4, 0.5) is 6.01 Å². The Hall–Kier alpha value is -3.46. The Morgan fingerprint density at radius 3 is 2.32 bits per heavy atom. The van der Waals surface area contributed by atoms with Gasteiger partial charge < -0.3 is 18.6 Å². The van der Waals surface area contributed by atoms with Crippen LogP contribution in [0.25, 0.3) is 6.08 Å². The van der Waals surface area contributed by atoms with Crippen molar-refractivity contribution in [2.24, 2.45) is 0 Å². The van der Waals surface area contributed by atoms with Crippen molar-refractivity contribution < 1.29 is 23.4 Å². The molecule has 1 N–H and O–H groups in total. The molecule has 1 heterocycles. The fraction of sp³-hybridized carbons (Fsp3) is 0.227. The number of amides is 1. The van der Waals surface area contributed by atoms with Crippen LogP contribution in [0, 0.1) is 0 Å². The molecule has 9 heteroatoms. The molecule has 0 unspecified atom stereocenters. The van der Waals surface area contributed by atoms with E-state index in [2.05, 4.69) is 15.5 Å². The summed E-state index contributed by atoms with van der Waals surface area (Å²) in [6, 6.07) is 11.6. The van der Waals surface area contributed by atoms with Crippen LogP contribution in [0.1, 0.15) is 17.0 Å². The molecule has 0 aliphatic heterocycles. The molecule has 2 aromatic carbocycles. The maximum Gasteiger partial charge on any atom is 0.322 e. The fourth-order valence-electron chi connectivity index (χ4n) is 2.81. The molecule has 0 spiro atoms. The van der Waals surface area contributed by atoms with Crippen LogP contribution in [0.2, 0.25) is 0 Å². The van der Waals surface area contributed by atoms with Crippen molar-refractivity contribution in [2.45, 2.75) is 11.3 Å². The predicted molar refractivity (Wildman–Crippen MR) is 119 cm³/mol. The van der Waals surface area contributed by atoms with Crippen LogP contribution in [0.3, 0.4) is 0 Å². The zero-order valence-corrected chi connectivity index (χ0v) is 18.5. The van der Waals surface area contributed by atoms with E-state index >= 15 is 0 Å². The van der Waals surface area contributed by atoms with Gasteiger partial charge in [0.25, 0.3) is 5.91 Å². The van der Waals surface area contributed by atoms with Crippen molar-refractivity contribution in [1.82, 2.24) is 10.2 Å². The molecule has 0 atom stereocenters. The molecule has 0 bridgehead atoms. The molecule has 8 nitrogen and oxygen atoms in total. The number of carbonyl (C=O) groups excluding carboxylic acids is 1. The largest absolute Gasteiger partial charge is 0.493 e. The summed E-state index contributed by atoms with van der Waals surface area (Å²) in [5, 5.41) is 10.4. The molecule has 0 radical (unpaired) electrons. The molecule has 1 amide bonds. The molecule has 0 fully saturated rings. The molecule has 0 aliphatic rings. The molecule has 162 valence electrons. The van der Waals surface area contributed by atoms with Crippen molar-refractivity contribution in [3.05, 3.63) is 59.5 Å². The smallest absolute Gasteiger partial charge is 0.322 e. The van der Waals surface area contributed by atoms with Crippen LogP contribution in [-0.4, -0.2) is 43.7 Å². The minimum Gasteiger partial charge on any atom is -0.493 e. The number of aromatic nitrogens is 2. The van der Waals surface area contributed by atoms with Crippen LogP contribution in [0.15, 0.2) is 51.8 Å². The summed E-state index contributed by atoms with van der Waals surface area (Å²) in [4.78, 5) is 13.4. The number of hydrogen-bond acceptors (Lipinski definition) is 8. The summed E-state index contributed by atoms with van der Waals surface area (Å²) in [5.41, 5.74) is 1.74. The highest BCUT2D eigenvalue weighted by Gasteiger charge is 2.13. The maximum atomic E-state index is 12.2. The summed E-state index contributed by atoms with van der Waals surface area (Å²) in [6.07, 6.45) is 5.48. The molecule has 0 saturated carbocycles. The number of rotatable bonds is 9. The van der Waals surface area contributed by atoms with Crippen LogP contribution in [0.5, 0.6) is 17.2 Å². The van der Waals surface area contributed by atoms with Gasteiger partial charge >= 0.3 is 6.01 Å². The van der Waals surface area contributed by atoms with Crippen LogP contribution in [-0.2, 0) is 11.2 Å². The topological polar surface area (TPSA) is 95.7 Å². The molecule has 3 aromatic rings. The molecule has 0 aliphatic carbocycles. The number of methoxy groups -OCH3 is 3. The summed E-state index contributed by atoms with van der Waals surface area (Å²) in [5.74, 6) is 1.48. The van der Waals surface area contributed by atoms with Crippen molar-refractivity contribution >= 4 is 29.8 Å². The number of nitrogens with zero attached hydrogens (tertiary/aromatic N) is 2. The summed E-state index contributed by atoms with van der Waals surface area (Å²) in [6.45, 7) is 0. The van der Waals surface area contributed by atoms with Gasteiger partial charge in [0.1, 0.15) is 0 Å². The van der Waals surface area contributed by atoms with Gasteiger partial charge in [-0.05, 0) is 47.7 Å². The number of nitrogens with one attached hydrogen (secondary N) is 1. The second-order valence-electron chi connectivity index (χ2n) is 6.31. The van der Waals surface area contributed by atoms with Crippen LogP contribution >= 0.6 is 11.8 Å². The second-order valence-corrected chi connectivity index (χ2v) is 7.19. The van der Waals surface area contributed by atoms with E-state index in [1.165, 1.54) is 32.3 Å². The van der Waals surface area contributed by atoms with Gasteiger partial charge in [0.2, 0.25) is 11.6 Å². The van der Waals surface area contributed by atoms with Gasteiger partial charge in [-0.2, -0.15) is 0 Å². The summed E-state index contributed by atoms with van der Waals surface area (Å²) >= 11 is 1.68. The highest BCUT2D eigenvalue weighted by molar-refractivity contribution is 7.98. The minimum atomic E-state index is -0.409. The lowest BCUT2D eigenvalue weighted by atomic mass is 10.1. The zero-order chi connectivity index (χ0) is 22.2. The van der Waals surface area contributed by atoms with Gasteiger partial charge in [0, 0.05) is 11.0 Å². The third-order valence-electron chi connectivity index (χ3n) is 4.33. The number of anilines is 1. The average Bonchev–Trinajstić information content (AvgIpc) is 3.23. The Morgan fingerprint density at radius 2 is 1.74 bits per heavy atom. The van der Waals surface area contributed by atoms with Gasteiger partial charge in [-0.3, -0.25) is 10.1 Å². The molecule has 31 heavy (non-hydrogen) atoms. The highest BCUT2D eigenvalue weighted by atomic mass is 32.2. The standard InChI is InChI=1S/C22H23N3O5S/c1-27-17-11-15(12-18(28-2)21(17)29-3)7-10-19(26)23-22-25-24-20(30-22)13-14-5-8-16(31-4)9-6-14/h5-12H,13H2,1-4H3,(H,23,25,26). The molecular weight excluding hydrogens is 418 g/mol. The monoisotopic (exact) mass is 441 g/mol. The van der Waals surface area contributed by atoms with Gasteiger partial charge in [-0.15, -0.1) is 16.9 Å². The lowest BCUT2D eigenvalue weighted by molar-refractivity contribution is -0.112. The van der Waals surface area contributed by atoms with Crippen molar-refractivity contribution in [2.75, 3.05) is 32.9 Å². The first kappa shape index (κ1) is 22.2. The quantitative estimate of drug-likeness (QED) is 0.392. The normalized spacial score (nSPS) is 10.8. The summed E-state index contributed by atoms with van der Waals surface area (Å²) < 4.78 is 21.4. The van der Waals surface area contributed by atoms with E-state index < -0.39 is 5.91 Å². The Morgan fingerprint density at radius 1 is 1.06 bits per heavy atom. The Kier molecular flexibility index (Phi) is 7.55. The zero-order valence-electron chi connectivity index (χ0n) is 17.7. The van der Waals surface area contributed by atoms with E-state index in [0.29, 0.717) is 35.1 Å². The van der Waals surface area contributed by atoms with E-state index in [9.17, 15) is 4.79 Å². The van der Waals surface area contributed by atoms with Gasteiger partial charge in [-0.25, -0.2) is 0 Å². The Balaban J connectivity index is 1.64. The lowest BCUT2D eigenvalue weighted by Gasteiger charge is -2.12. The Bertz CT molecular complexity index is 1040. The third kappa shape index (κ3) is 5.79. The highest BCUT2D eigenvalue weighted by Crippen LogP contribution is 2.38. The van der Waals surface area contributed by atoms with Crippen LogP contribution < -0.4 is 19.5 Å². The van der Waals surface area contributed by atoms with Crippen molar-refractivity contribution in [1.29, 1.82) is 0 Å². The average molecular weight is 442 g/mol. The second kappa shape index (κ2) is 10.5. The van der Waals surface area contributed by atoms with E-state index in [1.54, 1.807) is 30.0 Å². The fourth-order valence-corrected chi connectivity index (χ4v) is 3.22. The van der Waals surface area contributed by atoms with Gasteiger partial charge in [-0.1, -0.05) is 17.2 Å². The number of ether oxygens (including phenoxy) is 3. The third-order valence-corrected chi connectivity index (χ3v) is 5.07. The maximum absolute atomic E-state index is 12.2. The van der Waals surface area contributed by atoms with E-state index in [-0.39, 0.29) is 6.01 Å². The van der Waals surface area contributed by atoms with E-state index in [1.807, 2.05) is 30.5 Å². The van der Waals surface area contributed by atoms with Crippen molar-refractivity contribution in [3.8, 4) is 17.2 Å². The first-order valence-electron chi connectivity index (χ1n) is 9.30. The van der Waals surface area contributed by atoms with Gasteiger partial charge in [0.05, 0.1) is 27.8 Å². The SMILES string of the molecule is COc1cc(C=CC(=O)Nc2nnc(Cc3ccc(SC)cc3)o2)cc(OC)c1OC. The number of carbonyl (C=O) groups is 1. The minimum absolute atomic E-state index is 0.0373. The first-order chi connectivity index (χ1) is 15.1. The summed E-state index contributed by atoms with van der Waals surface area (Å²) in [7, 11) is 4.59. The first-order valence-corrected chi connectivity index (χ1v) is 10.5. The molecular formula is C22H23N3O5S. The van der Waals surface area contributed by atoms with Crippen molar-refractivity contribution in [3.63, 3.8) is 0 Å². The molecule has 3 rings (SSSR count). The van der Waals surface area contributed by atoms with E-state index in [4.69, 9.17) is 18.6 Å². The number of hydrogen-bond donors (Lipinski definition) is 1. The van der Waals surface area contributed by atoms with E-state index in [0.717, 1.165) is 5.56 Å². The van der Waals surface area contributed by atoms with Gasteiger partial charge in [0.15, 0.2) is 11.5 Å².